The monoisotopic (exact) mass is 304 g/mol. The molecule has 0 bridgehead atoms. The van der Waals surface area contributed by atoms with Crippen LogP contribution in [0.15, 0.2) is 30.3 Å². The van der Waals surface area contributed by atoms with Crippen LogP contribution in [-0.2, 0) is 0 Å². The third-order valence-electron chi connectivity index (χ3n) is 3.41. The molecule has 0 aromatic heterocycles. The van der Waals surface area contributed by atoms with E-state index in [1.54, 1.807) is 18.2 Å². The van der Waals surface area contributed by atoms with Crippen molar-refractivity contribution < 1.29 is 14.7 Å². The maximum absolute atomic E-state index is 12.0. The van der Waals surface area contributed by atoms with Gasteiger partial charge in [-0.15, -0.1) is 11.6 Å². The molecule has 3 rings (SSSR count). The molecule has 108 valence electrons. The second-order valence-corrected chi connectivity index (χ2v) is 5.21. The number of amides is 2. The van der Waals surface area contributed by atoms with Crippen molar-refractivity contribution in [2.24, 2.45) is 0 Å². The molecule has 1 aliphatic rings. The predicted molar refractivity (Wildman–Crippen MR) is 81.0 cm³/mol. The molecule has 1 atom stereocenters. The third kappa shape index (κ3) is 2.46. The Kier molecular flexibility index (Phi) is 3.53. The van der Waals surface area contributed by atoms with E-state index in [9.17, 15) is 14.7 Å². The number of aliphatic hydroxyl groups is 1. The minimum Gasteiger partial charge on any atom is -0.390 e. The molecule has 0 spiro atoms. The van der Waals surface area contributed by atoms with Crippen LogP contribution >= 0.6 is 11.6 Å². The van der Waals surface area contributed by atoms with Crippen LogP contribution in [0.4, 0.5) is 5.69 Å². The van der Waals surface area contributed by atoms with Gasteiger partial charge in [0, 0.05) is 23.2 Å². The van der Waals surface area contributed by atoms with E-state index in [1.165, 1.54) is 0 Å². The lowest BCUT2D eigenvalue weighted by atomic mass is 9.94. The van der Waals surface area contributed by atoms with E-state index in [0.717, 1.165) is 5.39 Å². The zero-order chi connectivity index (χ0) is 15.0. The largest absolute Gasteiger partial charge is 0.390 e. The fourth-order valence-electron chi connectivity index (χ4n) is 2.43. The molecule has 5 nitrogen and oxygen atoms in total. The molecular formula is C15H13ClN2O3. The number of carbonyl (C=O) groups is 2. The van der Waals surface area contributed by atoms with Gasteiger partial charge >= 0.3 is 0 Å². The van der Waals surface area contributed by atoms with Gasteiger partial charge in [0.2, 0.25) is 0 Å². The highest BCUT2D eigenvalue weighted by atomic mass is 35.5. The summed E-state index contributed by atoms with van der Waals surface area (Å²) >= 11 is 5.55. The molecule has 0 radical (unpaired) electrons. The minimum absolute atomic E-state index is 0.132. The molecule has 0 aliphatic carbocycles. The molecule has 1 unspecified atom stereocenters. The second kappa shape index (κ2) is 5.35. The molecule has 0 saturated heterocycles. The Morgan fingerprint density at radius 2 is 1.95 bits per heavy atom. The molecule has 6 heteroatoms. The summed E-state index contributed by atoms with van der Waals surface area (Å²) in [5, 5.41) is 16.3. The fraction of sp³-hybridized carbons (Fsp3) is 0.200. The normalized spacial score (nSPS) is 15.0. The number of anilines is 1. The molecular weight excluding hydrogens is 292 g/mol. The number of hydrogen-bond donors (Lipinski definition) is 3. The van der Waals surface area contributed by atoms with Crippen LogP contribution in [0.1, 0.15) is 20.7 Å². The number of rotatable bonds is 4. The van der Waals surface area contributed by atoms with Gasteiger partial charge < -0.3 is 10.4 Å². The van der Waals surface area contributed by atoms with Crippen molar-refractivity contribution in [3.05, 3.63) is 41.5 Å². The molecule has 1 heterocycles. The maximum atomic E-state index is 12.0. The van der Waals surface area contributed by atoms with E-state index in [2.05, 4.69) is 10.6 Å². The van der Waals surface area contributed by atoms with Crippen LogP contribution < -0.4 is 10.6 Å². The van der Waals surface area contributed by atoms with Crippen molar-refractivity contribution in [2.45, 2.75) is 6.10 Å². The Balaban J connectivity index is 2.08. The van der Waals surface area contributed by atoms with E-state index in [0.29, 0.717) is 22.2 Å². The van der Waals surface area contributed by atoms with Crippen molar-refractivity contribution >= 4 is 39.9 Å². The number of imide groups is 1. The summed E-state index contributed by atoms with van der Waals surface area (Å²) in [4.78, 5) is 23.8. The number of halogens is 1. The summed E-state index contributed by atoms with van der Waals surface area (Å²) in [5.41, 5.74) is 1.64. The van der Waals surface area contributed by atoms with Crippen molar-refractivity contribution in [2.75, 3.05) is 17.7 Å². The number of nitrogens with one attached hydrogen (secondary N) is 2. The number of carbonyl (C=O) groups excluding carboxylic acids is 2. The highest BCUT2D eigenvalue weighted by Crippen LogP contribution is 2.29. The Morgan fingerprint density at radius 1 is 1.19 bits per heavy atom. The molecule has 0 saturated carbocycles. The molecule has 3 N–H and O–H groups in total. The van der Waals surface area contributed by atoms with Gasteiger partial charge in [0.15, 0.2) is 0 Å². The Bertz CT molecular complexity index is 745. The SMILES string of the molecule is O=C1NC(=O)c2cc(NCC(O)CCl)cc3cccc1c23. The average Bonchev–Trinajstić information content (AvgIpc) is 2.49. The minimum atomic E-state index is -0.666. The van der Waals surface area contributed by atoms with Crippen LogP contribution in [0.25, 0.3) is 10.8 Å². The number of aliphatic hydroxyl groups excluding tert-OH is 1. The van der Waals surface area contributed by atoms with Gasteiger partial charge in [-0.2, -0.15) is 0 Å². The van der Waals surface area contributed by atoms with Crippen LogP contribution in [0.5, 0.6) is 0 Å². The summed E-state index contributed by atoms with van der Waals surface area (Å²) in [5.74, 6) is -0.659. The molecule has 21 heavy (non-hydrogen) atoms. The van der Waals surface area contributed by atoms with Gasteiger partial charge in [-0.1, -0.05) is 12.1 Å². The standard InChI is InChI=1S/C15H13ClN2O3/c16-6-10(19)7-17-9-4-8-2-1-3-11-13(8)12(5-9)15(21)18-14(11)20/h1-5,10,17,19H,6-7H2,(H,18,20,21). The first-order valence-electron chi connectivity index (χ1n) is 6.50. The Morgan fingerprint density at radius 3 is 2.71 bits per heavy atom. The van der Waals surface area contributed by atoms with E-state index >= 15 is 0 Å². The zero-order valence-corrected chi connectivity index (χ0v) is 11.8. The van der Waals surface area contributed by atoms with Crippen molar-refractivity contribution in [1.82, 2.24) is 5.32 Å². The summed E-state index contributed by atoms with van der Waals surface area (Å²) < 4.78 is 0. The first-order chi connectivity index (χ1) is 10.1. The predicted octanol–water partition coefficient (Wildman–Crippen LogP) is 1.73. The van der Waals surface area contributed by atoms with Crippen molar-refractivity contribution in [1.29, 1.82) is 0 Å². The van der Waals surface area contributed by atoms with Crippen LogP contribution in [-0.4, -0.2) is 35.4 Å². The lowest BCUT2D eigenvalue weighted by molar-refractivity contribution is 0.0845. The Hall–Kier alpha value is -2.11. The van der Waals surface area contributed by atoms with Gasteiger partial charge in [0.25, 0.3) is 11.8 Å². The highest BCUT2D eigenvalue weighted by molar-refractivity contribution is 6.26. The highest BCUT2D eigenvalue weighted by Gasteiger charge is 2.25. The number of alkyl halides is 1. The van der Waals surface area contributed by atoms with Crippen molar-refractivity contribution in [3.63, 3.8) is 0 Å². The van der Waals surface area contributed by atoms with Crippen LogP contribution in [0.2, 0.25) is 0 Å². The smallest absolute Gasteiger partial charge is 0.258 e. The van der Waals surface area contributed by atoms with E-state index < -0.39 is 12.0 Å². The lowest BCUT2D eigenvalue weighted by Gasteiger charge is -2.18. The summed E-state index contributed by atoms with van der Waals surface area (Å²) in [6.45, 7) is 0.286. The zero-order valence-electron chi connectivity index (χ0n) is 11.0. The van der Waals surface area contributed by atoms with Gasteiger partial charge in [-0.05, 0) is 23.6 Å². The quantitative estimate of drug-likeness (QED) is 0.594. The van der Waals surface area contributed by atoms with Crippen LogP contribution in [0.3, 0.4) is 0 Å². The van der Waals surface area contributed by atoms with Gasteiger partial charge in [0.1, 0.15) is 0 Å². The first kappa shape index (κ1) is 13.9. The molecule has 2 aromatic carbocycles. The summed E-state index contributed by atoms with van der Waals surface area (Å²) in [6, 6.07) is 8.83. The number of hydrogen-bond acceptors (Lipinski definition) is 4. The van der Waals surface area contributed by atoms with E-state index in [1.807, 2.05) is 12.1 Å². The second-order valence-electron chi connectivity index (χ2n) is 4.90. The van der Waals surface area contributed by atoms with E-state index in [4.69, 9.17) is 11.6 Å². The molecule has 2 aromatic rings. The molecule has 2 amide bonds. The maximum Gasteiger partial charge on any atom is 0.258 e. The van der Waals surface area contributed by atoms with E-state index in [-0.39, 0.29) is 18.3 Å². The topological polar surface area (TPSA) is 78.4 Å². The first-order valence-corrected chi connectivity index (χ1v) is 7.04. The number of benzene rings is 2. The average molecular weight is 305 g/mol. The lowest BCUT2D eigenvalue weighted by Crippen LogP contribution is -2.34. The Labute approximate surface area is 125 Å². The van der Waals surface area contributed by atoms with Gasteiger partial charge in [-0.3, -0.25) is 14.9 Å². The van der Waals surface area contributed by atoms with Crippen molar-refractivity contribution in [3.8, 4) is 0 Å². The molecule has 0 fully saturated rings. The van der Waals surface area contributed by atoms with Crippen LogP contribution in [0, 0.1) is 0 Å². The van der Waals surface area contributed by atoms with Gasteiger partial charge in [0.05, 0.1) is 17.5 Å². The summed E-state index contributed by atoms with van der Waals surface area (Å²) in [6.07, 6.45) is -0.666. The summed E-state index contributed by atoms with van der Waals surface area (Å²) in [7, 11) is 0. The molecule has 1 aliphatic heterocycles. The fourth-order valence-corrected chi connectivity index (χ4v) is 2.54. The third-order valence-corrected chi connectivity index (χ3v) is 3.77. The van der Waals surface area contributed by atoms with Gasteiger partial charge in [-0.25, -0.2) is 0 Å².